The largest absolute Gasteiger partial charge is 0.297 e. The van der Waals surface area contributed by atoms with Gasteiger partial charge in [-0.1, -0.05) is 60.3 Å². The number of alkyl halides is 1. The summed E-state index contributed by atoms with van der Waals surface area (Å²) in [6, 6.07) is 13.3. The van der Waals surface area contributed by atoms with Crippen LogP contribution in [0.4, 0.5) is 0 Å². The minimum absolute atomic E-state index is 0.0921. The van der Waals surface area contributed by atoms with Gasteiger partial charge in [0.1, 0.15) is 0 Å². The van der Waals surface area contributed by atoms with E-state index in [0.29, 0.717) is 10.6 Å². The van der Waals surface area contributed by atoms with Gasteiger partial charge in [0.15, 0.2) is 16.4 Å². The zero-order valence-corrected chi connectivity index (χ0v) is 16.2. The predicted octanol–water partition coefficient (Wildman–Crippen LogP) is 5.85. The molecule has 2 fully saturated rings. The lowest BCUT2D eigenvalue weighted by Crippen LogP contribution is -2.36. The molecule has 134 valence electrons. The molecule has 0 bridgehead atoms. The molecule has 0 saturated heterocycles. The van der Waals surface area contributed by atoms with Crippen molar-refractivity contribution < 1.29 is 9.59 Å². The van der Waals surface area contributed by atoms with Crippen LogP contribution in [-0.4, -0.2) is 11.6 Å². The third-order valence-electron chi connectivity index (χ3n) is 6.02. The average molecular weight is 387 g/mol. The van der Waals surface area contributed by atoms with Gasteiger partial charge in [-0.2, -0.15) is 0 Å². The molecule has 2 nitrogen and oxygen atoms in total. The number of hydrogen-bond acceptors (Lipinski definition) is 2. The molecular formula is C22H20Cl2O2. The molecule has 2 aliphatic carbocycles. The lowest BCUT2D eigenvalue weighted by atomic mass is 9.80. The lowest BCUT2D eigenvalue weighted by Gasteiger charge is -2.26. The van der Waals surface area contributed by atoms with Crippen LogP contribution in [0.1, 0.15) is 43.2 Å². The topological polar surface area (TPSA) is 34.1 Å². The SMILES string of the molecule is Cc1ccc(-c2ccc(Cl)cc2)cc1C1(Cl)C(=O)CC2(CCCC2)C1=O. The summed E-state index contributed by atoms with van der Waals surface area (Å²) in [4.78, 5) is 24.7. The van der Waals surface area contributed by atoms with Crippen molar-refractivity contribution in [1.29, 1.82) is 0 Å². The molecule has 4 rings (SSSR count). The highest BCUT2D eigenvalue weighted by Crippen LogP contribution is 2.56. The van der Waals surface area contributed by atoms with Gasteiger partial charge < -0.3 is 0 Å². The summed E-state index contributed by atoms with van der Waals surface area (Å²) in [5, 5.41) is 0.666. The molecule has 26 heavy (non-hydrogen) atoms. The van der Waals surface area contributed by atoms with Gasteiger partial charge in [-0.3, -0.25) is 9.59 Å². The van der Waals surface area contributed by atoms with Gasteiger partial charge >= 0.3 is 0 Å². The van der Waals surface area contributed by atoms with E-state index < -0.39 is 10.3 Å². The molecule has 0 aromatic heterocycles. The van der Waals surface area contributed by atoms with Crippen molar-refractivity contribution in [3.8, 4) is 11.1 Å². The van der Waals surface area contributed by atoms with Crippen molar-refractivity contribution in [1.82, 2.24) is 0 Å². The monoisotopic (exact) mass is 386 g/mol. The third-order valence-corrected chi connectivity index (χ3v) is 6.86. The Labute approximate surface area is 163 Å². The number of carbonyl (C=O) groups is 2. The normalized spacial score (nSPS) is 24.6. The van der Waals surface area contributed by atoms with Crippen molar-refractivity contribution in [2.24, 2.45) is 5.41 Å². The Kier molecular flexibility index (Phi) is 4.24. The Hall–Kier alpha value is -1.64. The Morgan fingerprint density at radius 2 is 1.54 bits per heavy atom. The number of halogens is 2. The van der Waals surface area contributed by atoms with E-state index in [9.17, 15) is 9.59 Å². The van der Waals surface area contributed by atoms with Gasteiger partial charge in [0.2, 0.25) is 0 Å². The number of rotatable bonds is 2. The molecule has 2 aromatic carbocycles. The molecule has 1 atom stereocenters. The number of Topliss-reactive ketones (excluding diaryl/α,β-unsaturated/α-hetero) is 2. The first-order valence-corrected chi connectivity index (χ1v) is 9.77. The molecule has 2 aromatic rings. The highest BCUT2D eigenvalue weighted by Gasteiger charge is 2.63. The van der Waals surface area contributed by atoms with Crippen LogP contribution in [0.2, 0.25) is 5.02 Å². The van der Waals surface area contributed by atoms with Crippen LogP contribution >= 0.6 is 23.2 Å². The van der Waals surface area contributed by atoms with Gasteiger partial charge in [-0.25, -0.2) is 0 Å². The van der Waals surface area contributed by atoms with Crippen LogP contribution in [0, 0.1) is 12.3 Å². The summed E-state index contributed by atoms with van der Waals surface area (Å²) in [6.07, 6.45) is 3.83. The maximum Gasteiger partial charge on any atom is 0.186 e. The van der Waals surface area contributed by atoms with E-state index in [0.717, 1.165) is 42.4 Å². The summed E-state index contributed by atoms with van der Waals surface area (Å²) in [5.41, 5.74) is 2.86. The van der Waals surface area contributed by atoms with Crippen LogP contribution < -0.4 is 0 Å². The van der Waals surface area contributed by atoms with Gasteiger partial charge in [0, 0.05) is 16.9 Å². The summed E-state index contributed by atoms with van der Waals surface area (Å²) >= 11 is 12.8. The molecular weight excluding hydrogens is 367 g/mol. The van der Waals surface area contributed by atoms with E-state index >= 15 is 0 Å². The number of benzene rings is 2. The standard InChI is InChI=1S/C22H20Cl2O2/c1-14-4-5-16(15-6-8-17(23)9-7-15)12-18(14)22(24)19(25)13-21(20(22)26)10-2-3-11-21/h4-9,12H,2-3,10-11,13H2,1H3. The van der Waals surface area contributed by atoms with E-state index in [1.54, 1.807) is 0 Å². The highest BCUT2D eigenvalue weighted by atomic mass is 35.5. The summed E-state index contributed by atoms with van der Waals surface area (Å²) in [6.45, 7) is 1.91. The summed E-state index contributed by atoms with van der Waals surface area (Å²) in [5.74, 6) is -0.243. The minimum atomic E-state index is -1.54. The maximum absolute atomic E-state index is 13.3. The molecule has 4 heteroatoms. The highest BCUT2D eigenvalue weighted by molar-refractivity contribution is 6.49. The lowest BCUT2D eigenvalue weighted by molar-refractivity contribution is -0.129. The van der Waals surface area contributed by atoms with Gasteiger partial charge in [0.25, 0.3) is 0 Å². The number of aryl methyl sites for hydroxylation is 1. The van der Waals surface area contributed by atoms with Crippen molar-refractivity contribution in [2.75, 3.05) is 0 Å². The molecule has 1 unspecified atom stereocenters. The van der Waals surface area contributed by atoms with Crippen LogP contribution in [0.3, 0.4) is 0 Å². The second-order valence-corrected chi connectivity index (χ2v) is 8.61. The first kappa shape index (κ1) is 17.8. The number of carbonyl (C=O) groups excluding carboxylic acids is 2. The van der Waals surface area contributed by atoms with Crippen molar-refractivity contribution in [2.45, 2.75) is 43.9 Å². The number of ketones is 2. The zero-order chi connectivity index (χ0) is 18.5. The van der Waals surface area contributed by atoms with Crippen molar-refractivity contribution in [3.05, 3.63) is 58.6 Å². The van der Waals surface area contributed by atoms with E-state index in [1.807, 2.05) is 49.4 Å². The molecule has 1 spiro atoms. The molecule has 0 radical (unpaired) electrons. The average Bonchev–Trinajstić information content (AvgIpc) is 3.17. The fourth-order valence-electron chi connectivity index (χ4n) is 4.54. The quantitative estimate of drug-likeness (QED) is 0.478. The summed E-state index contributed by atoms with van der Waals surface area (Å²) < 4.78 is 0. The van der Waals surface area contributed by atoms with E-state index in [-0.39, 0.29) is 18.0 Å². The van der Waals surface area contributed by atoms with Crippen LogP contribution in [0.15, 0.2) is 42.5 Å². The molecule has 0 aliphatic heterocycles. The smallest absolute Gasteiger partial charge is 0.186 e. The Bertz CT molecular complexity index is 895. The third kappa shape index (κ3) is 2.54. The van der Waals surface area contributed by atoms with Crippen LogP contribution in [0.25, 0.3) is 11.1 Å². The molecule has 2 saturated carbocycles. The first-order valence-electron chi connectivity index (χ1n) is 9.01. The van der Waals surface area contributed by atoms with Crippen LogP contribution in [0.5, 0.6) is 0 Å². The van der Waals surface area contributed by atoms with Gasteiger partial charge in [-0.05, 0) is 60.2 Å². The predicted molar refractivity (Wildman–Crippen MR) is 105 cm³/mol. The summed E-state index contributed by atoms with van der Waals surface area (Å²) in [7, 11) is 0. The molecule has 2 aliphatic rings. The van der Waals surface area contributed by atoms with Crippen molar-refractivity contribution >= 4 is 34.8 Å². The van der Waals surface area contributed by atoms with E-state index in [1.165, 1.54) is 0 Å². The fraction of sp³-hybridized carbons (Fsp3) is 0.364. The second-order valence-electron chi connectivity index (χ2n) is 7.61. The molecule has 0 amide bonds. The first-order chi connectivity index (χ1) is 12.4. The van der Waals surface area contributed by atoms with Gasteiger partial charge in [-0.15, -0.1) is 0 Å². The van der Waals surface area contributed by atoms with E-state index in [2.05, 4.69) is 0 Å². The Morgan fingerprint density at radius 3 is 2.19 bits per heavy atom. The second kappa shape index (κ2) is 6.21. The Balaban J connectivity index is 1.82. The van der Waals surface area contributed by atoms with E-state index in [4.69, 9.17) is 23.2 Å². The number of hydrogen-bond donors (Lipinski definition) is 0. The fourth-order valence-corrected chi connectivity index (χ4v) is 5.14. The molecule has 0 N–H and O–H groups in total. The Morgan fingerprint density at radius 1 is 0.923 bits per heavy atom. The zero-order valence-electron chi connectivity index (χ0n) is 14.6. The van der Waals surface area contributed by atoms with Crippen molar-refractivity contribution in [3.63, 3.8) is 0 Å². The maximum atomic E-state index is 13.3. The molecule has 0 heterocycles. The minimum Gasteiger partial charge on any atom is -0.297 e. The van der Waals surface area contributed by atoms with Gasteiger partial charge in [0.05, 0.1) is 0 Å². The van der Waals surface area contributed by atoms with Crippen LogP contribution in [-0.2, 0) is 14.5 Å².